The van der Waals surface area contributed by atoms with Crippen LogP contribution in [0.2, 0.25) is 0 Å². The molecule has 1 heterocycles. The fraction of sp³-hybridized carbons (Fsp3) is 0.389. The molecule has 0 aliphatic rings. The average molecular weight is 294 g/mol. The van der Waals surface area contributed by atoms with Crippen LogP contribution in [0.1, 0.15) is 44.6 Å². The molecule has 1 aromatic carbocycles. The minimum Gasteiger partial charge on any atom is -0.354 e. The Hall–Kier alpha value is -2.41. The van der Waals surface area contributed by atoms with Crippen LogP contribution in [0, 0.1) is 11.3 Å². The zero-order chi connectivity index (χ0) is 15.6. The predicted octanol–water partition coefficient (Wildman–Crippen LogP) is 4.40. The summed E-state index contributed by atoms with van der Waals surface area (Å²) in [5.74, 6) is 0.591. The van der Waals surface area contributed by atoms with Gasteiger partial charge in [0.1, 0.15) is 6.07 Å². The van der Waals surface area contributed by atoms with E-state index in [4.69, 9.17) is 0 Å². The number of nitriles is 1. The molecule has 2 aromatic rings. The molecule has 0 spiro atoms. The molecular formula is C18H22N4. The zero-order valence-corrected chi connectivity index (χ0v) is 13.0. The van der Waals surface area contributed by atoms with Gasteiger partial charge in [-0.05, 0) is 6.42 Å². The van der Waals surface area contributed by atoms with Gasteiger partial charge in [-0.15, -0.1) is 0 Å². The van der Waals surface area contributed by atoms with Gasteiger partial charge < -0.3 is 5.32 Å². The van der Waals surface area contributed by atoms with Crippen molar-refractivity contribution >= 4 is 5.95 Å². The lowest BCUT2D eigenvalue weighted by Crippen LogP contribution is -2.06. The maximum atomic E-state index is 9.22. The van der Waals surface area contributed by atoms with E-state index in [2.05, 4.69) is 28.3 Å². The van der Waals surface area contributed by atoms with Gasteiger partial charge in [-0.1, -0.05) is 62.9 Å². The van der Waals surface area contributed by atoms with Gasteiger partial charge in [0.15, 0.2) is 0 Å². The maximum Gasteiger partial charge on any atom is 0.223 e. The summed E-state index contributed by atoms with van der Waals surface area (Å²) >= 11 is 0. The topological polar surface area (TPSA) is 61.6 Å². The summed E-state index contributed by atoms with van der Waals surface area (Å²) in [6, 6.07) is 11.9. The minimum atomic E-state index is 0.500. The Bertz CT molecular complexity index is 617. The van der Waals surface area contributed by atoms with Crippen molar-refractivity contribution in [3.8, 4) is 17.3 Å². The highest BCUT2D eigenvalue weighted by atomic mass is 15.1. The second-order valence-electron chi connectivity index (χ2n) is 5.27. The molecule has 4 heteroatoms. The summed E-state index contributed by atoms with van der Waals surface area (Å²) in [4.78, 5) is 8.73. The second kappa shape index (κ2) is 8.78. The Balaban J connectivity index is 2.01. The lowest BCUT2D eigenvalue weighted by atomic mass is 10.1. The second-order valence-corrected chi connectivity index (χ2v) is 5.27. The van der Waals surface area contributed by atoms with Crippen LogP contribution in [-0.4, -0.2) is 16.5 Å². The highest BCUT2D eigenvalue weighted by Crippen LogP contribution is 2.21. The summed E-state index contributed by atoms with van der Waals surface area (Å²) in [6.45, 7) is 3.08. The quantitative estimate of drug-likeness (QED) is 0.733. The molecule has 0 saturated heterocycles. The van der Waals surface area contributed by atoms with E-state index in [0.717, 1.165) is 18.5 Å². The third-order valence-corrected chi connectivity index (χ3v) is 3.52. The summed E-state index contributed by atoms with van der Waals surface area (Å²) in [6.07, 6.45) is 7.77. The first-order valence-corrected chi connectivity index (χ1v) is 7.91. The fourth-order valence-corrected chi connectivity index (χ4v) is 2.29. The Morgan fingerprint density at radius 3 is 2.59 bits per heavy atom. The summed E-state index contributed by atoms with van der Waals surface area (Å²) in [7, 11) is 0. The van der Waals surface area contributed by atoms with E-state index < -0.39 is 0 Å². The van der Waals surface area contributed by atoms with Gasteiger partial charge in [-0.25, -0.2) is 9.97 Å². The molecule has 0 aliphatic carbocycles. The van der Waals surface area contributed by atoms with Gasteiger partial charge >= 0.3 is 0 Å². The Kier molecular flexibility index (Phi) is 6.38. The molecule has 114 valence electrons. The number of unbranched alkanes of at least 4 members (excludes halogenated alkanes) is 4. The molecular weight excluding hydrogens is 272 g/mol. The number of nitrogens with zero attached hydrogens (tertiary/aromatic N) is 3. The van der Waals surface area contributed by atoms with Crippen molar-refractivity contribution in [1.29, 1.82) is 5.26 Å². The van der Waals surface area contributed by atoms with Crippen molar-refractivity contribution in [3.05, 3.63) is 42.1 Å². The standard InChI is InChI=1S/C18H22N4/c1-2-3-4-5-9-12-20-18-21-14-16(13-19)17(22-18)15-10-7-6-8-11-15/h6-8,10-11,14H,2-5,9,12H2,1H3,(H,20,21,22). The lowest BCUT2D eigenvalue weighted by molar-refractivity contribution is 0.644. The predicted molar refractivity (Wildman–Crippen MR) is 89.4 cm³/mol. The van der Waals surface area contributed by atoms with Crippen molar-refractivity contribution in [1.82, 2.24) is 9.97 Å². The van der Waals surface area contributed by atoms with Crippen LogP contribution in [0.25, 0.3) is 11.3 Å². The van der Waals surface area contributed by atoms with Crippen molar-refractivity contribution in [2.45, 2.75) is 39.0 Å². The first-order valence-electron chi connectivity index (χ1n) is 7.91. The first-order chi connectivity index (χ1) is 10.8. The molecule has 0 unspecified atom stereocenters. The number of anilines is 1. The van der Waals surface area contributed by atoms with E-state index in [1.54, 1.807) is 6.20 Å². The van der Waals surface area contributed by atoms with Gasteiger partial charge in [0.2, 0.25) is 5.95 Å². The molecule has 0 radical (unpaired) electrons. The highest BCUT2D eigenvalue weighted by Gasteiger charge is 2.08. The van der Waals surface area contributed by atoms with Crippen LogP contribution >= 0.6 is 0 Å². The molecule has 1 N–H and O–H groups in total. The SMILES string of the molecule is CCCCCCCNc1ncc(C#N)c(-c2ccccc2)n1. The Morgan fingerprint density at radius 2 is 1.86 bits per heavy atom. The number of nitrogens with one attached hydrogen (secondary N) is 1. The molecule has 0 fully saturated rings. The zero-order valence-electron chi connectivity index (χ0n) is 13.0. The number of hydrogen-bond acceptors (Lipinski definition) is 4. The van der Waals surface area contributed by atoms with Crippen LogP contribution in [0.3, 0.4) is 0 Å². The molecule has 0 saturated carbocycles. The van der Waals surface area contributed by atoms with E-state index in [1.807, 2.05) is 30.3 Å². The van der Waals surface area contributed by atoms with Gasteiger partial charge in [0.05, 0.1) is 17.5 Å². The van der Waals surface area contributed by atoms with E-state index in [9.17, 15) is 5.26 Å². The minimum absolute atomic E-state index is 0.500. The monoisotopic (exact) mass is 294 g/mol. The number of benzene rings is 1. The van der Waals surface area contributed by atoms with Crippen LogP contribution in [0.5, 0.6) is 0 Å². The van der Waals surface area contributed by atoms with E-state index >= 15 is 0 Å². The van der Waals surface area contributed by atoms with E-state index in [1.165, 1.54) is 25.7 Å². The van der Waals surface area contributed by atoms with E-state index in [0.29, 0.717) is 17.2 Å². The first kappa shape index (κ1) is 16.0. The molecule has 22 heavy (non-hydrogen) atoms. The third kappa shape index (κ3) is 4.56. The van der Waals surface area contributed by atoms with Crippen LogP contribution in [0.15, 0.2) is 36.5 Å². The van der Waals surface area contributed by atoms with Gasteiger partial charge in [0, 0.05) is 12.1 Å². The molecule has 0 atom stereocenters. The largest absolute Gasteiger partial charge is 0.354 e. The van der Waals surface area contributed by atoms with Crippen LogP contribution in [-0.2, 0) is 0 Å². The average Bonchev–Trinajstić information content (AvgIpc) is 2.58. The van der Waals surface area contributed by atoms with Crippen LogP contribution < -0.4 is 5.32 Å². The third-order valence-electron chi connectivity index (χ3n) is 3.52. The van der Waals surface area contributed by atoms with Crippen molar-refractivity contribution in [3.63, 3.8) is 0 Å². The summed E-state index contributed by atoms with van der Waals surface area (Å²) < 4.78 is 0. The maximum absolute atomic E-state index is 9.22. The smallest absolute Gasteiger partial charge is 0.223 e. The van der Waals surface area contributed by atoms with Crippen LogP contribution in [0.4, 0.5) is 5.95 Å². The van der Waals surface area contributed by atoms with E-state index in [-0.39, 0.29) is 0 Å². The number of aromatic nitrogens is 2. The van der Waals surface area contributed by atoms with Crippen molar-refractivity contribution in [2.24, 2.45) is 0 Å². The van der Waals surface area contributed by atoms with Gasteiger partial charge in [-0.2, -0.15) is 5.26 Å². The fourth-order valence-electron chi connectivity index (χ4n) is 2.29. The Morgan fingerprint density at radius 1 is 1.09 bits per heavy atom. The number of rotatable bonds is 8. The lowest BCUT2D eigenvalue weighted by Gasteiger charge is -2.08. The normalized spacial score (nSPS) is 10.2. The highest BCUT2D eigenvalue weighted by molar-refractivity contribution is 5.66. The molecule has 2 rings (SSSR count). The Labute approximate surface area is 132 Å². The number of hydrogen-bond donors (Lipinski definition) is 1. The molecule has 0 amide bonds. The molecule has 0 aliphatic heterocycles. The summed E-state index contributed by atoms with van der Waals surface area (Å²) in [5.41, 5.74) is 2.12. The van der Waals surface area contributed by atoms with Crippen molar-refractivity contribution in [2.75, 3.05) is 11.9 Å². The van der Waals surface area contributed by atoms with Crippen molar-refractivity contribution < 1.29 is 0 Å². The molecule has 1 aromatic heterocycles. The summed E-state index contributed by atoms with van der Waals surface area (Å²) in [5, 5.41) is 12.5. The molecule has 4 nitrogen and oxygen atoms in total. The molecule has 0 bridgehead atoms. The van der Waals surface area contributed by atoms with Gasteiger partial charge in [0.25, 0.3) is 0 Å². The van der Waals surface area contributed by atoms with Gasteiger partial charge in [-0.3, -0.25) is 0 Å².